The Balaban J connectivity index is 2.03. The van der Waals surface area contributed by atoms with Crippen LogP contribution >= 0.6 is 0 Å². The summed E-state index contributed by atoms with van der Waals surface area (Å²) >= 11 is 0. The quantitative estimate of drug-likeness (QED) is 0.829. The molecule has 0 bridgehead atoms. The first kappa shape index (κ1) is 11.6. The minimum absolute atomic E-state index is 1.05. The molecule has 1 aromatic carbocycles. The van der Waals surface area contributed by atoms with Gasteiger partial charge in [-0.25, -0.2) is 0 Å². The first-order chi connectivity index (χ1) is 7.77. The fourth-order valence-corrected chi connectivity index (χ4v) is 2.43. The van der Waals surface area contributed by atoms with Crippen molar-refractivity contribution in [3.8, 4) is 0 Å². The van der Waals surface area contributed by atoms with Crippen LogP contribution in [-0.2, 0) is 19.4 Å². The fourth-order valence-electron chi connectivity index (χ4n) is 2.43. The average Bonchev–Trinajstić information content (AvgIpc) is 2.29. The summed E-state index contributed by atoms with van der Waals surface area (Å²) in [5.74, 6) is 0. The molecule has 1 aliphatic rings. The lowest BCUT2D eigenvalue weighted by Crippen LogP contribution is -2.24. The molecular formula is C14H22N2. The Morgan fingerprint density at radius 3 is 3.00 bits per heavy atom. The molecule has 1 heterocycles. The van der Waals surface area contributed by atoms with Gasteiger partial charge in [0.2, 0.25) is 0 Å². The van der Waals surface area contributed by atoms with Crippen molar-refractivity contribution in [1.82, 2.24) is 10.2 Å². The van der Waals surface area contributed by atoms with Crippen LogP contribution in [0.2, 0.25) is 0 Å². The van der Waals surface area contributed by atoms with Gasteiger partial charge in [-0.2, -0.15) is 0 Å². The lowest BCUT2D eigenvalue weighted by Gasteiger charge is -2.20. The maximum atomic E-state index is 3.43. The summed E-state index contributed by atoms with van der Waals surface area (Å²) in [7, 11) is 4.29. The third-order valence-corrected chi connectivity index (χ3v) is 3.29. The molecule has 0 radical (unpaired) electrons. The van der Waals surface area contributed by atoms with Gasteiger partial charge in [-0.3, -0.25) is 0 Å². The highest BCUT2D eigenvalue weighted by atomic mass is 15.0. The van der Waals surface area contributed by atoms with Gasteiger partial charge in [-0.1, -0.05) is 18.2 Å². The maximum absolute atomic E-state index is 3.43. The molecule has 0 unspecified atom stereocenters. The van der Waals surface area contributed by atoms with Gasteiger partial charge in [-0.05, 0) is 63.1 Å². The summed E-state index contributed by atoms with van der Waals surface area (Å²) in [5.41, 5.74) is 4.69. The normalized spacial score (nSPS) is 15.2. The average molecular weight is 218 g/mol. The van der Waals surface area contributed by atoms with E-state index in [9.17, 15) is 0 Å². The van der Waals surface area contributed by atoms with E-state index in [4.69, 9.17) is 0 Å². The molecule has 0 fully saturated rings. The van der Waals surface area contributed by atoms with Crippen molar-refractivity contribution in [2.75, 3.05) is 27.2 Å². The predicted molar refractivity (Wildman–Crippen MR) is 68.7 cm³/mol. The molecule has 0 spiro atoms. The minimum Gasteiger partial charge on any atom is -0.312 e. The van der Waals surface area contributed by atoms with Gasteiger partial charge in [0.25, 0.3) is 0 Å². The van der Waals surface area contributed by atoms with E-state index >= 15 is 0 Å². The number of hydrogen-bond donors (Lipinski definition) is 1. The highest BCUT2D eigenvalue weighted by molar-refractivity contribution is 5.37. The Labute approximate surface area is 98.7 Å². The number of rotatable bonds is 4. The third-order valence-electron chi connectivity index (χ3n) is 3.29. The van der Waals surface area contributed by atoms with E-state index in [2.05, 4.69) is 42.5 Å². The molecule has 1 N–H and O–H groups in total. The van der Waals surface area contributed by atoms with Crippen LogP contribution in [0.5, 0.6) is 0 Å². The van der Waals surface area contributed by atoms with Gasteiger partial charge in [0.15, 0.2) is 0 Å². The molecular weight excluding hydrogens is 196 g/mol. The SMILES string of the molecule is CN(C)CCCc1cccc2c1CCNC2. The van der Waals surface area contributed by atoms with Crippen molar-refractivity contribution in [3.05, 3.63) is 34.9 Å². The van der Waals surface area contributed by atoms with Gasteiger partial charge in [0.05, 0.1) is 0 Å². The van der Waals surface area contributed by atoms with Crippen LogP contribution in [0.25, 0.3) is 0 Å². The fraction of sp³-hybridized carbons (Fsp3) is 0.571. The second kappa shape index (κ2) is 5.46. The second-order valence-corrected chi connectivity index (χ2v) is 4.89. The van der Waals surface area contributed by atoms with E-state index < -0.39 is 0 Å². The first-order valence-corrected chi connectivity index (χ1v) is 6.22. The maximum Gasteiger partial charge on any atom is 0.0208 e. The van der Waals surface area contributed by atoms with Crippen molar-refractivity contribution < 1.29 is 0 Å². The van der Waals surface area contributed by atoms with Crippen molar-refractivity contribution in [2.24, 2.45) is 0 Å². The molecule has 0 aromatic heterocycles. The molecule has 16 heavy (non-hydrogen) atoms. The van der Waals surface area contributed by atoms with E-state index in [1.807, 2.05) is 0 Å². The zero-order valence-corrected chi connectivity index (χ0v) is 10.4. The molecule has 2 rings (SSSR count). The van der Waals surface area contributed by atoms with Crippen LogP contribution in [-0.4, -0.2) is 32.1 Å². The lowest BCUT2D eigenvalue weighted by molar-refractivity contribution is 0.400. The molecule has 0 aliphatic carbocycles. The van der Waals surface area contributed by atoms with Crippen LogP contribution in [0.1, 0.15) is 23.1 Å². The van der Waals surface area contributed by atoms with E-state index in [1.165, 1.54) is 31.4 Å². The number of nitrogens with zero attached hydrogens (tertiary/aromatic N) is 1. The highest BCUT2D eigenvalue weighted by Gasteiger charge is 2.11. The molecule has 88 valence electrons. The largest absolute Gasteiger partial charge is 0.312 e. The monoisotopic (exact) mass is 218 g/mol. The number of aryl methyl sites for hydroxylation is 1. The molecule has 2 heteroatoms. The van der Waals surface area contributed by atoms with Crippen LogP contribution in [0.15, 0.2) is 18.2 Å². The summed E-state index contributed by atoms with van der Waals surface area (Å²) in [6, 6.07) is 6.77. The van der Waals surface area contributed by atoms with Crippen LogP contribution in [0.3, 0.4) is 0 Å². The molecule has 0 atom stereocenters. The Kier molecular flexibility index (Phi) is 3.97. The predicted octanol–water partition coefficient (Wildman–Crippen LogP) is 1.83. The van der Waals surface area contributed by atoms with Crippen LogP contribution < -0.4 is 5.32 Å². The van der Waals surface area contributed by atoms with Crippen molar-refractivity contribution in [3.63, 3.8) is 0 Å². The summed E-state index contributed by atoms with van der Waals surface area (Å²) in [6.07, 6.45) is 3.69. The minimum atomic E-state index is 1.05. The van der Waals surface area contributed by atoms with Gasteiger partial charge in [0, 0.05) is 6.54 Å². The molecule has 0 saturated carbocycles. The Morgan fingerprint density at radius 2 is 2.19 bits per heavy atom. The van der Waals surface area contributed by atoms with Gasteiger partial charge < -0.3 is 10.2 Å². The molecule has 0 saturated heterocycles. The van der Waals surface area contributed by atoms with Gasteiger partial charge >= 0.3 is 0 Å². The van der Waals surface area contributed by atoms with E-state index in [0.717, 1.165) is 13.1 Å². The Bertz CT molecular complexity index is 345. The Hall–Kier alpha value is -0.860. The summed E-state index contributed by atoms with van der Waals surface area (Å²) in [6.45, 7) is 3.37. The second-order valence-electron chi connectivity index (χ2n) is 4.89. The summed E-state index contributed by atoms with van der Waals surface area (Å²) in [4.78, 5) is 2.26. The number of benzene rings is 1. The molecule has 1 aliphatic heterocycles. The topological polar surface area (TPSA) is 15.3 Å². The van der Waals surface area contributed by atoms with Crippen molar-refractivity contribution in [2.45, 2.75) is 25.8 Å². The lowest BCUT2D eigenvalue weighted by atomic mass is 9.93. The number of hydrogen-bond acceptors (Lipinski definition) is 2. The van der Waals surface area contributed by atoms with E-state index in [1.54, 1.807) is 11.1 Å². The highest BCUT2D eigenvalue weighted by Crippen LogP contribution is 2.19. The van der Waals surface area contributed by atoms with Crippen molar-refractivity contribution in [1.29, 1.82) is 0 Å². The number of nitrogens with one attached hydrogen (secondary N) is 1. The third kappa shape index (κ3) is 2.83. The van der Waals surface area contributed by atoms with Gasteiger partial charge in [0.1, 0.15) is 0 Å². The molecule has 0 amide bonds. The number of fused-ring (bicyclic) bond motifs is 1. The van der Waals surface area contributed by atoms with Crippen molar-refractivity contribution >= 4 is 0 Å². The van der Waals surface area contributed by atoms with E-state index in [0.29, 0.717) is 0 Å². The molecule has 1 aromatic rings. The zero-order chi connectivity index (χ0) is 11.4. The van der Waals surface area contributed by atoms with E-state index in [-0.39, 0.29) is 0 Å². The Morgan fingerprint density at radius 1 is 1.31 bits per heavy atom. The standard InChI is InChI=1S/C14H22N2/c1-16(2)10-4-7-12-5-3-6-13-11-15-9-8-14(12)13/h3,5-6,15H,4,7-11H2,1-2H3. The first-order valence-electron chi connectivity index (χ1n) is 6.22. The summed E-state index contributed by atoms with van der Waals surface area (Å²) < 4.78 is 0. The van der Waals surface area contributed by atoms with Crippen LogP contribution in [0, 0.1) is 0 Å². The smallest absolute Gasteiger partial charge is 0.0208 e. The zero-order valence-electron chi connectivity index (χ0n) is 10.4. The molecule has 2 nitrogen and oxygen atoms in total. The van der Waals surface area contributed by atoms with Gasteiger partial charge in [-0.15, -0.1) is 0 Å². The summed E-state index contributed by atoms with van der Waals surface area (Å²) in [5, 5.41) is 3.43. The van der Waals surface area contributed by atoms with Crippen LogP contribution in [0.4, 0.5) is 0 Å².